The summed E-state index contributed by atoms with van der Waals surface area (Å²) in [5, 5.41) is 11.9. The van der Waals surface area contributed by atoms with Crippen molar-refractivity contribution in [3.63, 3.8) is 0 Å². The smallest absolute Gasteiger partial charge is 0.308 e. The largest absolute Gasteiger partial charge is 0.481 e. The first-order valence-corrected chi connectivity index (χ1v) is 9.10. The van der Waals surface area contributed by atoms with Crippen LogP contribution in [0.5, 0.6) is 0 Å². The van der Waals surface area contributed by atoms with Crippen molar-refractivity contribution < 1.29 is 19.5 Å². The molecule has 3 unspecified atom stereocenters. The SMILES string of the molecule is CC(C)CC(=O)N1Cc2ccccc2CC1C(=O)NC(C)C(C)C(=O)O. The normalized spacial score (nSPS) is 18.8. The number of amides is 2. The molecular formula is C20H28N2O4. The van der Waals surface area contributed by atoms with Crippen molar-refractivity contribution in [3.8, 4) is 0 Å². The minimum absolute atomic E-state index is 0.0476. The van der Waals surface area contributed by atoms with Crippen molar-refractivity contribution in [1.82, 2.24) is 10.2 Å². The first kappa shape index (κ1) is 19.9. The molecule has 1 heterocycles. The lowest BCUT2D eigenvalue weighted by Crippen LogP contribution is -2.55. The average molecular weight is 360 g/mol. The molecule has 0 aromatic heterocycles. The molecule has 2 amide bonds. The molecule has 0 saturated carbocycles. The highest BCUT2D eigenvalue weighted by molar-refractivity contribution is 5.89. The van der Waals surface area contributed by atoms with Gasteiger partial charge in [0.2, 0.25) is 11.8 Å². The predicted octanol–water partition coefficient (Wildman–Crippen LogP) is 2.21. The summed E-state index contributed by atoms with van der Waals surface area (Å²) in [6.45, 7) is 7.59. The molecule has 2 rings (SSSR count). The van der Waals surface area contributed by atoms with Gasteiger partial charge in [0.25, 0.3) is 0 Å². The lowest BCUT2D eigenvalue weighted by molar-refractivity contribution is -0.145. The molecule has 6 nitrogen and oxygen atoms in total. The summed E-state index contributed by atoms with van der Waals surface area (Å²) in [6.07, 6.45) is 0.826. The van der Waals surface area contributed by atoms with Crippen LogP contribution in [0, 0.1) is 11.8 Å². The Hall–Kier alpha value is -2.37. The number of hydrogen-bond donors (Lipinski definition) is 2. The standard InChI is InChI=1S/C20H28N2O4/c1-12(2)9-18(23)22-11-16-8-6-5-7-15(16)10-17(22)19(24)21-14(4)13(3)20(25)26/h5-8,12-14,17H,9-11H2,1-4H3,(H,21,24)(H,25,26). The van der Waals surface area contributed by atoms with Crippen LogP contribution in [0.2, 0.25) is 0 Å². The summed E-state index contributed by atoms with van der Waals surface area (Å²) in [5.41, 5.74) is 2.11. The Labute approximate surface area is 154 Å². The molecule has 0 radical (unpaired) electrons. The molecule has 0 aliphatic carbocycles. The molecule has 1 aromatic rings. The third kappa shape index (κ3) is 4.62. The maximum atomic E-state index is 12.8. The van der Waals surface area contributed by atoms with Gasteiger partial charge < -0.3 is 15.3 Å². The zero-order valence-corrected chi connectivity index (χ0v) is 15.9. The molecular weight excluding hydrogens is 332 g/mol. The summed E-state index contributed by atoms with van der Waals surface area (Å²) < 4.78 is 0. The third-order valence-electron chi connectivity index (χ3n) is 4.96. The van der Waals surface area contributed by atoms with E-state index >= 15 is 0 Å². The molecule has 0 spiro atoms. The van der Waals surface area contributed by atoms with Crippen LogP contribution in [0.15, 0.2) is 24.3 Å². The van der Waals surface area contributed by atoms with E-state index in [1.807, 2.05) is 38.1 Å². The third-order valence-corrected chi connectivity index (χ3v) is 4.96. The van der Waals surface area contributed by atoms with E-state index in [1.165, 1.54) is 0 Å². The van der Waals surface area contributed by atoms with Crippen LogP contribution in [0.1, 0.15) is 45.2 Å². The fourth-order valence-electron chi connectivity index (χ4n) is 3.15. The number of nitrogens with zero attached hydrogens (tertiary/aromatic N) is 1. The Balaban J connectivity index is 2.22. The minimum atomic E-state index is -0.959. The summed E-state index contributed by atoms with van der Waals surface area (Å²) >= 11 is 0. The zero-order chi connectivity index (χ0) is 19.4. The topological polar surface area (TPSA) is 86.7 Å². The number of hydrogen-bond acceptors (Lipinski definition) is 3. The summed E-state index contributed by atoms with van der Waals surface area (Å²) in [7, 11) is 0. The Morgan fingerprint density at radius 3 is 2.35 bits per heavy atom. The van der Waals surface area contributed by atoms with E-state index < -0.39 is 24.0 Å². The number of carboxylic acids is 1. The number of carbonyl (C=O) groups excluding carboxylic acids is 2. The highest BCUT2D eigenvalue weighted by Gasteiger charge is 2.35. The first-order valence-electron chi connectivity index (χ1n) is 9.10. The lowest BCUT2D eigenvalue weighted by Gasteiger charge is -2.37. The van der Waals surface area contributed by atoms with Gasteiger partial charge in [0.1, 0.15) is 6.04 Å². The van der Waals surface area contributed by atoms with Crippen LogP contribution in [0.4, 0.5) is 0 Å². The molecule has 3 atom stereocenters. The van der Waals surface area contributed by atoms with Crippen LogP contribution in [-0.2, 0) is 27.3 Å². The Morgan fingerprint density at radius 2 is 1.77 bits per heavy atom. The number of rotatable bonds is 6. The van der Waals surface area contributed by atoms with Crippen molar-refractivity contribution in [3.05, 3.63) is 35.4 Å². The van der Waals surface area contributed by atoms with Crippen LogP contribution in [0.3, 0.4) is 0 Å². The molecule has 0 saturated heterocycles. The molecule has 2 N–H and O–H groups in total. The number of fused-ring (bicyclic) bond motifs is 1. The van der Waals surface area contributed by atoms with Crippen molar-refractivity contribution >= 4 is 17.8 Å². The second-order valence-corrected chi connectivity index (χ2v) is 7.53. The van der Waals surface area contributed by atoms with Gasteiger partial charge in [-0.2, -0.15) is 0 Å². The number of nitrogens with one attached hydrogen (secondary N) is 1. The van der Waals surface area contributed by atoms with Gasteiger partial charge in [0, 0.05) is 25.4 Å². The van der Waals surface area contributed by atoms with Crippen LogP contribution >= 0.6 is 0 Å². The lowest BCUT2D eigenvalue weighted by atomic mass is 9.92. The number of aliphatic carboxylic acids is 1. The highest BCUT2D eigenvalue weighted by Crippen LogP contribution is 2.25. The van der Waals surface area contributed by atoms with Gasteiger partial charge in [-0.3, -0.25) is 14.4 Å². The van der Waals surface area contributed by atoms with Gasteiger partial charge in [0.05, 0.1) is 5.92 Å². The summed E-state index contributed by atoms with van der Waals surface area (Å²) in [6, 6.07) is 6.69. The van der Waals surface area contributed by atoms with Crippen LogP contribution in [0.25, 0.3) is 0 Å². The monoisotopic (exact) mass is 360 g/mol. The fraction of sp³-hybridized carbons (Fsp3) is 0.550. The van der Waals surface area contributed by atoms with Gasteiger partial charge in [-0.05, 0) is 30.9 Å². The maximum absolute atomic E-state index is 12.8. The van der Waals surface area contributed by atoms with Crippen LogP contribution < -0.4 is 5.32 Å². The summed E-state index contributed by atoms with van der Waals surface area (Å²) in [4.78, 5) is 38.3. The highest BCUT2D eigenvalue weighted by atomic mass is 16.4. The predicted molar refractivity (Wildman–Crippen MR) is 98.3 cm³/mol. The van der Waals surface area contributed by atoms with E-state index in [4.69, 9.17) is 5.11 Å². The van der Waals surface area contributed by atoms with Crippen molar-refractivity contribution in [1.29, 1.82) is 0 Å². The van der Waals surface area contributed by atoms with E-state index in [0.717, 1.165) is 11.1 Å². The molecule has 6 heteroatoms. The quantitative estimate of drug-likeness (QED) is 0.814. The molecule has 1 aromatic carbocycles. The van der Waals surface area contributed by atoms with E-state index in [-0.39, 0.29) is 17.7 Å². The van der Waals surface area contributed by atoms with E-state index in [2.05, 4.69) is 5.32 Å². The number of carboxylic acid groups (broad SMARTS) is 1. The maximum Gasteiger partial charge on any atom is 0.308 e. The Bertz CT molecular complexity index is 686. The summed E-state index contributed by atoms with van der Waals surface area (Å²) in [5.74, 6) is -1.80. The van der Waals surface area contributed by atoms with Gasteiger partial charge in [-0.25, -0.2) is 0 Å². The Kier molecular flexibility index (Phi) is 6.40. The van der Waals surface area contributed by atoms with Crippen molar-refractivity contribution in [2.45, 2.75) is 59.2 Å². The van der Waals surface area contributed by atoms with Gasteiger partial charge >= 0.3 is 5.97 Å². The van der Waals surface area contributed by atoms with E-state index in [9.17, 15) is 14.4 Å². The van der Waals surface area contributed by atoms with Crippen molar-refractivity contribution in [2.75, 3.05) is 0 Å². The van der Waals surface area contributed by atoms with Crippen molar-refractivity contribution in [2.24, 2.45) is 11.8 Å². The fourth-order valence-corrected chi connectivity index (χ4v) is 3.15. The van der Waals surface area contributed by atoms with Crippen LogP contribution in [-0.4, -0.2) is 39.9 Å². The zero-order valence-electron chi connectivity index (χ0n) is 15.9. The second kappa shape index (κ2) is 8.34. The molecule has 26 heavy (non-hydrogen) atoms. The molecule has 142 valence electrons. The van der Waals surface area contributed by atoms with Gasteiger partial charge in [-0.1, -0.05) is 38.1 Å². The molecule has 1 aliphatic heterocycles. The molecule has 0 bridgehead atoms. The number of carbonyl (C=O) groups is 3. The van der Waals surface area contributed by atoms with E-state index in [0.29, 0.717) is 19.4 Å². The molecule has 0 fully saturated rings. The first-order chi connectivity index (χ1) is 12.2. The van der Waals surface area contributed by atoms with E-state index in [1.54, 1.807) is 18.7 Å². The number of benzene rings is 1. The average Bonchev–Trinajstić information content (AvgIpc) is 2.58. The van der Waals surface area contributed by atoms with Gasteiger partial charge in [-0.15, -0.1) is 0 Å². The van der Waals surface area contributed by atoms with Gasteiger partial charge in [0.15, 0.2) is 0 Å². The second-order valence-electron chi connectivity index (χ2n) is 7.53. The minimum Gasteiger partial charge on any atom is -0.481 e. The molecule has 1 aliphatic rings. The Morgan fingerprint density at radius 1 is 1.15 bits per heavy atom.